The lowest BCUT2D eigenvalue weighted by molar-refractivity contribution is -0.123. The summed E-state index contributed by atoms with van der Waals surface area (Å²) in [6.45, 7) is 4.84. The number of fused-ring (bicyclic) bond motifs is 1. The van der Waals surface area contributed by atoms with Crippen molar-refractivity contribution in [3.05, 3.63) is 59.4 Å². The number of methoxy groups -OCH3 is 1. The van der Waals surface area contributed by atoms with Gasteiger partial charge in [-0.15, -0.1) is 0 Å². The van der Waals surface area contributed by atoms with Crippen molar-refractivity contribution in [3.63, 3.8) is 0 Å². The van der Waals surface area contributed by atoms with Crippen LogP contribution in [0.5, 0.6) is 11.5 Å². The fourth-order valence-electron chi connectivity index (χ4n) is 2.96. The lowest BCUT2D eigenvalue weighted by atomic mass is 10.1. The van der Waals surface area contributed by atoms with E-state index in [1.807, 2.05) is 0 Å². The van der Waals surface area contributed by atoms with Gasteiger partial charge in [0.25, 0.3) is 11.8 Å². The number of furan rings is 1. The molecule has 9 nitrogen and oxygen atoms in total. The first kappa shape index (κ1) is 22.7. The van der Waals surface area contributed by atoms with Crippen molar-refractivity contribution >= 4 is 28.8 Å². The number of nitrogens with one attached hydrogen (secondary N) is 2. The van der Waals surface area contributed by atoms with Gasteiger partial charge in [0.05, 0.1) is 13.2 Å². The highest BCUT2D eigenvalue weighted by atomic mass is 16.5. The van der Waals surface area contributed by atoms with Crippen LogP contribution in [-0.2, 0) is 9.53 Å². The van der Waals surface area contributed by atoms with E-state index in [2.05, 4.69) is 10.9 Å². The highest BCUT2D eigenvalue weighted by molar-refractivity contribution is 6.05. The molecule has 0 saturated carbocycles. The van der Waals surface area contributed by atoms with Crippen molar-refractivity contribution in [2.45, 2.75) is 26.9 Å². The summed E-state index contributed by atoms with van der Waals surface area (Å²) in [6, 6.07) is 11.4. The van der Waals surface area contributed by atoms with Gasteiger partial charge in [-0.2, -0.15) is 0 Å². The summed E-state index contributed by atoms with van der Waals surface area (Å²) < 4.78 is 21.5. The zero-order chi connectivity index (χ0) is 23.3. The van der Waals surface area contributed by atoms with Crippen LogP contribution >= 0.6 is 0 Å². The lowest BCUT2D eigenvalue weighted by Gasteiger charge is -2.10. The van der Waals surface area contributed by atoms with Gasteiger partial charge >= 0.3 is 5.97 Å². The Morgan fingerprint density at radius 3 is 2.53 bits per heavy atom. The number of hydrogen-bond acceptors (Lipinski definition) is 7. The van der Waals surface area contributed by atoms with Gasteiger partial charge in [0, 0.05) is 10.9 Å². The van der Waals surface area contributed by atoms with Gasteiger partial charge in [-0.1, -0.05) is 6.07 Å². The second-order valence-electron chi connectivity index (χ2n) is 7.17. The second kappa shape index (κ2) is 9.86. The number of rotatable bonds is 7. The molecule has 0 aliphatic carbocycles. The van der Waals surface area contributed by atoms with Crippen LogP contribution in [0.25, 0.3) is 11.0 Å². The normalized spacial score (nSPS) is 10.7. The van der Waals surface area contributed by atoms with E-state index in [0.717, 1.165) is 0 Å². The quantitative estimate of drug-likeness (QED) is 0.428. The van der Waals surface area contributed by atoms with Crippen molar-refractivity contribution in [2.75, 3.05) is 13.7 Å². The van der Waals surface area contributed by atoms with Crippen LogP contribution in [0.2, 0.25) is 0 Å². The molecule has 0 atom stereocenters. The molecule has 3 rings (SSSR count). The Hall–Kier alpha value is -4.01. The van der Waals surface area contributed by atoms with Gasteiger partial charge in [-0.25, -0.2) is 4.79 Å². The van der Waals surface area contributed by atoms with Crippen LogP contribution in [0.3, 0.4) is 0 Å². The van der Waals surface area contributed by atoms with Crippen LogP contribution in [0.15, 0.2) is 46.9 Å². The average Bonchev–Trinajstić information content (AvgIpc) is 3.10. The molecule has 168 valence electrons. The molecular weight excluding hydrogens is 416 g/mol. The van der Waals surface area contributed by atoms with Gasteiger partial charge in [-0.3, -0.25) is 20.4 Å². The van der Waals surface area contributed by atoms with E-state index >= 15 is 0 Å². The predicted molar refractivity (Wildman–Crippen MR) is 116 cm³/mol. The SMILES string of the molecule is COc1cccc(C(=O)NNC(=O)COc2ccc3oc(C)c(C(=O)OC(C)C)c3c2)c1. The molecular formula is C23H24N2O7. The van der Waals surface area contributed by atoms with E-state index in [4.69, 9.17) is 18.6 Å². The third-order valence-electron chi connectivity index (χ3n) is 4.40. The third kappa shape index (κ3) is 5.37. The minimum Gasteiger partial charge on any atom is -0.497 e. The van der Waals surface area contributed by atoms with Crippen LogP contribution in [0, 0.1) is 6.92 Å². The average molecular weight is 440 g/mol. The highest BCUT2D eigenvalue weighted by Crippen LogP contribution is 2.30. The molecule has 32 heavy (non-hydrogen) atoms. The first-order valence-electron chi connectivity index (χ1n) is 9.88. The van der Waals surface area contributed by atoms with Crippen LogP contribution in [0.4, 0.5) is 0 Å². The molecule has 1 heterocycles. The van der Waals surface area contributed by atoms with Gasteiger partial charge in [0.1, 0.15) is 28.4 Å². The maximum atomic E-state index is 12.4. The number of esters is 1. The van der Waals surface area contributed by atoms with Crippen LogP contribution in [0.1, 0.15) is 40.3 Å². The molecule has 0 aliphatic rings. The Balaban J connectivity index is 1.61. The number of aryl methyl sites for hydroxylation is 1. The molecule has 0 spiro atoms. The number of ether oxygens (including phenoxy) is 3. The summed E-state index contributed by atoms with van der Waals surface area (Å²) in [7, 11) is 1.49. The highest BCUT2D eigenvalue weighted by Gasteiger charge is 2.21. The van der Waals surface area contributed by atoms with Gasteiger partial charge < -0.3 is 18.6 Å². The molecule has 9 heteroatoms. The fraction of sp³-hybridized carbons (Fsp3) is 0.261. The lowest BCUT2D eigenvalue weighted by Crippen LogP contribution is -2.43. The largest absolute Gasteiger partial charge is 0.497 e. The van der Waals surface area contributed by atoms with E-state index in [1.54, 1.807) is 63.2 Å². The predicted octanol–water partition coefficient (Wildman–Crippen LogP) is 3.16. The molecule has 3 aromatic rings. The maximum absolute atomic E-state index is 12.4. The first-order valence-corrected chi connectivity index (χ1v) is 9.88. The summed E-state index contributed by atoms with van der Waals surface area (Å²) in [5.74, 6) is -0.253. The molecule has 0 unspecified atom stereocenters. The van der Waals surface area contributed by atoms with E-state index in [9.17, 15) is 14.4 Å². The minimum atomic E-state index is -0.566. The molecule has 0 aliphatic heterocycles. The monoisotopic (exact) mass is 440 g/mol. The Morgan fingerprint density at radius 1 is 1.03 bits per heavy atom. The van der Waals surface area contributed by atoms with Gasteiger partial charge in [0.15, 0.2) is 6.61 Å². The minimum absolute atomic E-state index is 0.276. The number of carbonyl (C=O) groups excluding carboxylic acids is 3. The topological polar surface area (TPSA) is 116 Å². The van der Waals surface area contributed by atoms with Crippen molar-refractivity contribution in [3.8, 4) is 11.5 Å². The third-order valence-corrected chi connectivity index (χ3v) is 4.40. The first-order chi connectivity index (χ1) is 15.3. The molecule has 0 bridgehead atoms. The van der Waals surface area contributed by atoms with Gasteiger partial charge in [-0.05, 0) is 57.2 Å². The molecule has 0 radical (unpaired) electrons. The maximum Gasteiger partial charge on any atom is 0.342 e. The summed E-state index contributed by atoms with van der Waals surface area (Å²) in [5, 5.41) is 0.525. The summed E-state index contributed by atoms with van der Waals surface area (Å²) >= 11 is 0. The molecule has 2 N–H and O–H groups in total. The van der Waals surface area contributed by atoms with Crippen molar-refractivity contribution < 1.29 is 33.0 Å². The Bertz CT molecular complexity index is 1150. The number of carbonyl (C=O) groups is 3. The number of hydrazine groups is 1. The van der Waals surface area contributed by atoms with E-state index < -0.39 is 17.8 Å². The second-order valence-corrected chi connectivity index (χ2v) is 7.17. The van der Waals surface area contributed by atoms with Crippen molar-refractivity contribution in [1.29, 1.82) is 0 Å². The number of amides is 2. The van der Waals surface area contributed by atoms with E-state index in [-0.39, 0.29) is 12.7 Å². The molecule has 1 aromatic heterocycles. The molecule has 0 fully saturated rings. The Morgan fingerprint density at radius 2 is 1.81 bits per heavy atom. The summed E-state index contributed by atoms with van der Waals surface area (Å²) in [5.41, 5.74) is 5.74. The standard InChI is InChI=1S/C23H24N2O7/c1-13(2)31-23(28)21-14(3)32-19-9-8-17(11-18(19)21)30-12-20(26)24-25-22(27)15-6-5-7-16(10-15)29-4/h5-11,13H,12H2,1-4H3,(H,24,26)(H,25,27). The number of hydrogen-bond donors (Lipinski definition) is 2. The van der Waals surface area contributed by atoms with E-state index in [0.29, 0.717) is 39.4 Å². The summed E-state index contributed by atoms with van der Waals surface area (Å²) in [6.07, 6.45) is -0.276. The zero-order valence-corrected chi connectivity index (χ0v) is 18.2. The zero-order valence-electron chi connectivity index (χ0n) is 18.2. The Labute approximate surface area is 184 Å². The van der Waals surface area contributed by atoms with E-state index in [1.165, 1.54) is 7.11 Å². The van der Waals surface area contributed by atoms with Crippen molar-refractivity contribution in [1.82, 2.24) is 10.9 Å². The van der Waals surface area contributed by atoms with Crippen LogP contribution < -0.4 is 20.3 Å². The van der Waals surface area contributed by atoms with Crippen LogP contribution in [-0.4, -0.2) is 37.6 Å². The smallest absolute Gasteiger partial charge is 0.342 e. The Kier molecular flexibility index (Phi) is 6.99. The fourth-order valence-corrected chi connectivity index (χ4v) is 2.96. The molecule has 0 saturated heterocycles. The molecule has 2 aromatic carbocycles. The number of benzene rings is 2. The summed E-state index contributed by atoms with van der Waals surface area (Å²) in [4.78, 5) is 36.6. The molecule has 2 amide bonds. The van der Waals surface area contributed by atoms with Gasteiger partial charge in [0.2, 0.25) is 0 Å². The van der Waals surface area contributed by atoms with Crippen molar-refractivity contribution in [2.24, 2.45) is 0 Å².